The zero-order chi connectivity index (χ0) is 19.7. The van der Waals surface area contributed by atoms with Gasteiger partial charge in [-0.1, -0.05) is 47.3 Å². The molecule has 4 rings (SSSR count). The Morgan fingerprint density at radius 3 is 2.39 bits per heavy atom. The third-order valence-electron chi connectivity index (χ3n) is 5.49. The fourth-order valence-corrected chi connectivity index (χ4v) is 4.61. The Bertz CT molecular complexity index is 993. The molecule has 3 nitrogen and oxygen atoms in total. The number of ether oxygens (including phenoxy) is 1. The summed E-state index contributed by atoms with van der Waals surface area (Å²) in [5, 5.41) is 3.10. The summed E-state index contributed by atoms with van der Waals surface area (Å²) in [4.78, 5) is 2.53. The van der Waals surface area contributed by atoms with Crippen LogP contribution in [0.2, 0.25) is 15.1 Å². The average molecular weight is 438 g/mol. The van der Waals surface area contributed by atoms with Gasteiger partial charge in [0.1, 0.15) is 12.4 Å². The minimum absolute atomic E-state index is 0.438. The Balaban J connectivity index is 1.68. The molecule has 0 amide bonds. The van der Waals surface area contributed by atoms with Crippen LogP contribution < -0.4 is 4.74 Å². The van der Waals surface area contributed by atoms with E-state index in [0.717, 1.165) is 35.9 Å². The molecule has 28 heavy (non-hydrogen) atoms. The third kappa shape index (κ3) is 4.13. The van der Waals surface area contributed by atoms with Crippen LogP contribution >= 0.6 is 34.8 Å². The van der Waals surface area contributed by atoms with Crippen LogP contribution in [0.4, 0.5) is 0 Å². The normalized spacial score (nSPS) is 15.3. The van der Waals surface area contributed by atoms with Gasteiger partial charge < -0.3 is 9.30 Å². The minimum Gasteiger partial charge on any atom is -0.486 e. The van der Waals surface area contributed by atoms with Gasteiger partial charge >= 0.3 is 0 Å². The second kappa shape index (κ2) is 8.54. The van der Waals surface area contributed by atoms with E-state index >= 15 is 0 Å². The van der Waals surface area contributed by atoms with Crippen molar-refractivity contribution < 1.29 is 4.74 Å². The summed E-state index contributed by atoms with van der Waals surface area (Å²) < 4.78 is 8.27. The molecule has 0 spiro atoms. The molecule has 0 bridgehead atoms. The van der Waals surface area contributed by atoms with Crippen LogP contribution in [0.25, 0.3) is 10.9 Å². The molecular formula is C22H23Cl3N2O. The van der Waals surface area contributed by atoms with Gasteiger partial charge in [0.25, 0.3) is 0 Å². The molecule has 3 aromatic rings. The second-order valence-corrected chi connectivity index (χ2v) is 8.63. The van der Waals surface area contributed by atoms with Crippen LogP contribution in [-0.2, 0) is 20.2 Å². The van der Waals surface area contributed by atoms with Gasteiger partial charge in [-0.15, -0.1) is 0 Å². The number of aryl methyl sites for hydroxylation is 1. The van der Waals surface area contributed by atoms with Crippen molar-refractivity contribution in [2.75, 3.05) is 13.1 Å². The van der Waals surface area contributed by atoms with Crippen LogP contribution in [0, 0.1) is 0 Å². The molecule has 0 unspecified atom stereocenters. The van der Waals surface area contributed by atoms with Gasteiger partial charge in [0.05, 0.1) is 10.7 Å². The molecule has 1 aliphatic heterocycles. The van der Waals surface area contributed by atoms with Crippen molar-refractivity contribution in [1.29, 1.82) is 0 Å². The highest BCUT2D eigenvalue weighted by atomic mass is 35.5. The van der Waals surface area contributed by atoms with Crippen molar-refractivity contribution >= 4 is 45.7 Å². The SMILES string of the molecule is Cn1c(COc2ccc(Cl)cc2Cl)c(CN2CCCCC2)c2ccc(Cl)cc21. The number of halogens is 3. The highest BCUT2D eigenvalue weighted by molar-refractivity contribution is 6.35. The monoisotopic (exact) mass is 436 g/mol. The molecule has 1 aliphatic rings. The zero-order valence-electron chi connectivity index (χ0n) is 15.9. The maximum absolute atomic E-state index is 6.29. The van der Waals surface area contributed by atoms with E-state index in [2.05, 4.69) is 22.6 Å². The summed E-state index contributed by atoms with van der Waals surface area (Å²) in [7, 11) is 2.07. The van der Waals surface area contributed by atoms with Crippen molar-refractivity contribution in [2.24, 2.45) is 7.05 Å². The van der Waals surface area contributed by atoms with Crippen molar-refractivity contribution in [1.82, 2.24) is 9.47 Å². The summed E-state index contributed by atoms with van der Waals surface area (Å²) in [5.74, 6) is 0.637. The Labute approximate surface area is 180 Å². The van der Waals surface area contributed by atoms with Crippen molar-refractivity contribution in [2.45, 2.75) is 32.4 Å². The van der Waals surface area contributed by atoms with Crippen LogP contribution in [0.3, 0.4) is 0 Å². The summed E-state index contributed by atoms with van der Waals surface area (Å²) >= 11 is 18.6. The number of hydrogen-bond acceptors (Lipinski definition) is 2. The molecule has 0 radical (unpaired) electrons. The Morgan fingerprint density at radius 2 is 1.64 bits per heavy atom. The lowest BCUT2D eigenvalue weighted by molar-refractivity contribution is 0.218. The summed E-state index contributed by atoms with van der Waals surface area (Å²) in [5.41, 5.74) is 3.58. The predicted octanol–water partition coefficient (Wildman–Crippen LogP) is 6.70. The Hall–Kier alpha value is -1.39. The molecule has 1 aromatic heterocycles. The highest BCUT2D eigenvalue weighted by Crippen LogP contribution is 2.32. The number of piperidine rings is 1. The maximum atomic E-state index is 6.29. The van der Waals surface area contributed by atoms with E-state index in [0.29, 0.717) is 22.4 Å². The average Bonchev–Trinajstić information content (AvgIpc) is 2.93. The highest BCUT2D eigenvalue weighted by Gasteiger charge is 2.20. The van der Waals surface area contributed by atoms with Crippen LogP contribution in [0.1, 0.15) is 30.5 Å². The largest absolute Gasteiger partial charge is 0.486 e. The van der Waals surface area contributed by atoms with Crippen LogP contribution in [0.5, 0.6) is 5.75 Å². The standard InChI is InChI=1S/C22H23Cl3N2O/c1-26-20-12-16(24)5-7-17(20)18(13-27-9-3-2-4-10-27)21(26)14-28-22-8-6-15(23)11-19(22)25/h5-8,11-12H,2-4,9-10,13-14H2,1H3. The van der Waals surface area contributed by atoms with Gasteiger partial charge in [-0.2, -0.15) is 0 Å². The number of likely N-dealkylation sites (tertiary alicyclic amines) is 1. The number of aromatic nitrogens is 1. The fraction of sp³-hybridized carbons (Fsp3) is 0.364. The van der Waals surface area contributed by atoms with Crippen LogP contribution in [0.15, 0.2) is 36.4 Å². The molecule has 148 valence electrons. The van der Waals surface area contributed by atoms with Gasteiger partial charge in [0.2, 0.25) is 0 Å². The van der Waals surface area contributed by atoms with E-state index in [1.807, 2.05) is 18.2 Å². The van der Waals surface area contributed by atoms with Crippen molar-refractivity contribution in [3.8, 4) is 5.75 Å². The molecule has 1 fully saturated rings. The first kappa shape index (κ1) is 19.9. The number of benzene rings is 2. The lowest BCUT2D eigenvalue weighted by Gasteiger charge is -2.26. The zero-order valence-corrected chi connectivity index (χ0v) is 18.1. The molecule has 2 heterocycles. The van der Waals surface area contributed by atoms with E-state index in [1.165, 1.54) is 30.2 Å². The number of nitrogens with zero attached hydrogens (tertiary/aromatic N) is 2. The predicted molar refractivity (Wildman–Crippen MR) is 118 cm³/mol. The first-order valence-electron chi connectivity index (χ1n) is 9.59. The molecule has 0 N–H and O–H groups in total. The Morgan fingerprint density at radius 1 is 0.929 bits per heavy atom. The fourth-order valence-electron chi connectivity index (χ4n) is 3.98. The summed E-state index contributed by atoms with van der Waals surface area (Å²) in [6.45, 7) is 3.65. The lowest BCUT2D eigenvalue weighted by atomic mass is 10.1. The Kier molecular flexibility index (Phi) is 6.07. The molecule has 1 saturated heterocycles. The quantitative estimate of drug-likeness (QED) is 0.441. The number of hydrogen-bond donors (Lipinski definition) is 0. The van der Waals surface area contributed by atoms with E-state index in [1.54, 1.807) is 12.1 Å². The van der Waals surface area contributed by atoms with Gasteiger partial charge in [0, 0.05) is 34.5 Å². The molecule has 2 aromatic carbocycles. The molecule has 0 aliphatic carbocycles. The molecule has 0 atom stereocenters. The first-order valence-corrected chi connectivity index (χ1v) is 10.7. The minimum atomic E-state index is 0.438. The smallest absolute Gasteiger partial charge is 0.138 e. The van der Waals surface area contributed by atoms with E-state index in [9.17, 15) is 0 Å². The lowest BCUT2D eigenvalue weighted by Crippen LogP contribution is -2.29. The van der Waals surface area contributed by atoms with E-state index in [4.69, 9.17) is 39.5 Å². The first-order chi connectivity index (χ1) is 13.5. The second-order valence-electron chi connectivity index (χ2n) is 7.35. The van der Waals surface area contributed by atoms with Crippen LogP contribution in [-0.4, -0.2) is 22.6 Å². The van der Waals surface area contributed by atoms with Gasteiger partial charge in [-0.05, 0) is 61.8 Å². The topological polar surface area (TPSA) is 17.4 Å². The summed E-state index contributed by atoms with van der Waals surface area (Å²) in [6, 6.07) is 11.4. The van der Waals surface area contributed by atoms with Gasteiger partial charge in [0.15, 0.2) is 0 Å². The van der Waals surface area contributed by atoms with Gasteiger partial charge in [-0.3, -0.25) is 4.90 Å². The van der Waals surface area contributed by atoms with E-state index < -0.39 is 0 Å². The molecule has 0 saturated carbocycles. The van der Waals surface area contributed by atoms with E-state index in [-0.39, 0.29) is 0 Å². The van der Waals surface area contributed by atoms with Crippen molar-refractivity contribution in [3.05, 3.63) is 62.7 Å². The summed E-state index contributed by atoms with van der Waals surface area (Å²) in [6.07, 6.45) is 3.86. The van der Waals surface area contributed by atoms with Crippen molar-refractivity contribution in [3.63, 3.8) is 0 Å². The number of rotatable bonds is 5. The number of fused-ring (bicyclic) bond motifs is 1. The van der Waals surface area contributed by atoms with Gasteiger partial charge in [-0.25, -0.2) is 0 Å². The third-order valence-corrected chi connectivity index (χ3v) is 6.25. The maximum Gasteiger partial charge on any atom is 0.138 e. The molecular weight excluding hydrogens is 415 g/mol. The molecule has 6 heteroatoms.